The molecule has 1 unspecified atom stereocenters. The number of carbonyl (C=O) groups is 2. The van der Waals surface area contributed by atoms with Gasteiger partial charge >= 0.3 is 0 Å². The molecular weight excluding hydrogens is 513 g/mol. The van der Waals surface area contributed by atoms with E-state index in [4.69, 9.17) is 27.9 Å². The van der Waals surface area contributed by atoms with E-state index in [9.17, 15) is 18.0 Å². The highest BCUT2D eigenvalue weighted by Crippen LogP contribution is 2.30. The van der Waals surface area contributed by atoms with Gasteiger partial charge in [0.2, 0.25) is 21.8 Å². The number of sulfonamides is 1. The Morgan fingerprint density at radius 2 is 1.86 bits per heavy atom. The summed E-state index contributed by atoms with van der Waals surface area (Å²) in [6.07, 6.45) is 2.72. The molecule has 1 atom stereocenters. The molecule has 0 aliphatic heterocycles. The molecule has 2 rings (SSSR count). The van der Waals surface area contributed by atoms with E-state index < -0.39 is 28.5 Å². The molecule has 0 radical (unpaired) electrons. The van der Waals surface area contributed by atoms with Gasteiger partial charge in [-0.1, -0.05) is 48.7 Å². The van der Waals surface area contributed by atoms with E-state index in [1.807, 2.05) is 6.92 Å². The van der Waals surface area contributed by atoms with Crippen LogP contribution in [0.25, 0.3) is 0 Å². The van der Waals surface area contributed by atoms with Crippen LogP contribution >= 0.6 is 23.2 Å². The van der Waals surface area contributed by atoms with Crippen molar-refractivity contribution in [2.45, 2.75) is 39.3 Å². The van der Waals surface area contributed by atoms with Crippen LogP contribution in [0.1, 0.15) is 32.3 Å². The van der Waals surface area contributed by atoms with Crippen molar-refractivity contribution >= 4 is 50.7 Å². The van der Waals surface area contributed by atoms with Gasteiger partial charge in [0.05, 0.1) is 24.1 Å². The number of nitrogens with one attached hydrogen (secondary N) is 1. The first kappa shape index (κ1) is 28.7. The summed E-state index contributed by atoms with van der Waals surface area (Å²) in [6.45, 7) is 3.66. The topological polar surface area (TPSA) is 96.0 Å². The van der Waals surface area contributed by atoms with Gasteiger partial charge in [-0.25, -0.2) is 8.42 Å². The summed E-state index contributed by atoms with van der Waals surface area (Å²) in [5, 5.41) is 3.52. The Hall–Kier alpha value is -2.49. The van der Waals surface area contributed by atoms with E-state index in [1.54, 1.807) is 31.2 Å². The van der Waals surface area contributed by atoms with Gasteiger partial charge in [0, 0.05) is 18.1 Å². The molecule has 2 aromatic rings. The first-order valence-electron chi connectivity index (χ1n) is 11.1. The SMILES string of the molecule is CCCCNC(=O)C(C)N(Cc1cccc(Cl)c1)C(=O)CN(c1ccc(OC)c(Cl)c1)S(C)(=O)=O. The van der Waals surface area contributed by atoms with E-state index >= 15 is 0 Å². The number of benzene rings is 2. The second-order valence-electron chi connectivity index (χ2n) is 8.06. The summed E-state index contributed by atoms with van der Waals surface area (Å²) >= 11 is 12.3. The fourth-order valence-electron chi connectivity index (χ4n) is 3.37. The minimum atomic E-state index is -3.86. The summed E-state index contributed by atoms with van der Waals surface area (Å²) in [5.74, 6) is -0.511. The van der Waals surface area contributed by atoms with Crippen LogP contribution in [0.4, 0.5) is 5.69 Å². The molecule has 1 N–H and O–H groups in total. The zero-order valence-corrected chi connectivity index (χ0v) is 22.6. The molecule has 0 saturated heterocycles. The molecule has 0 bridgehead atoms. The van der Waals surface area contributed by atoms with Crippen LogP contribution in [0.5, 0.6) is 5.75 Å². The predicted octanol–water partition coefficient (Wildman–Crippen LogP) is 4.10. The fourth-order valence-corrected chi connectivity index (χ4v) is 4.68. The third-order valence-electron chi connectivity index (χ3n) is 5.34. The first-order chi connectivity index (χ1) is 16.5. The molecule has 11 heteroatoms. The summed E-state index contributed by atoms with van der Waals surface area (Å²) in [4.78, 5) is 27.6. The van der Waals surface area contributed by atoms with E-state index in [2.05, 4.69) is 5.32 Å². The number of rotatable bonds is 12. The van der Waals surface area contributed by atoms with Crippen LogP contribution in [0.2, 0.25) is 10.0 Å². The largest absolute Gasteiger partial charge is 0.495 e. The van der Waals surface area contributed by atoms with Crippen molar-refractivity contribution in [3.05, 3.63) is 58.1 Å². The molecule has 0 saturated carbocycles. The highest BCUT2D eigenvalue weighted by atomic mass is 35.5. The molecule has 8 nitrogen and oxygen atoms in total. The third kappa shape index (κ3) is 8.30. The molecule has 0 fully saturated rings. The smallest absolute Gasteiger partial charge is 0.244 e. The van der Waals surface area contributed by atoms with Crippen molar-refractivity contribution in [2.24, 2.45) is 0 Å². The molecule has 0 aliphatic rings. The Balaban J connectivity index is 2.38. The Labute approximate surface area is 217 Å². The lowest BCUT2D eigenvalue weighted by Crippen LogP contribution is -2.51. The minimum Gasteiger partial charge on any atom is -0.495 e. The van der Waals surface area contributed by atoms with Crippen molar-refractivity contribution in [2.75, 3.05) is 30.8 Å². The van der Waals surface area contributed by atoms with E-state index in [0.717, 1.165) is 23.4 Å². The van der Waals surface area contributed by atoms with Crippen molar-refractivity contribution < 1.29 is 22.7 Å². The Morgan fingerprint density at radius 3 is 2.43 bits per heavy atom. The maximum Gasteiger partial charge on any atom is 0.244 e. The minimum absolute atomic E-state index is 0.0722. The Kier molecular flexibility index (Phi) is 10.7. The van der Waals surface area contributed by atoms with Crippen LogP contribution in [0.15, 0.2) is 42.5 Å². The van der Waals surface area contributed by atoms with Gasteiger partial charge in [0.1, 0.15) is 18.3 Å². The molecule has 2 aromatic carbocycles. The van der Waals surface area contributed by atoms with Gasteiger partial charge in [0.25, 0.3) is 0 Å². The zero-order chi connectivity index (χ0) is 26.2. The predicted molar refractivity (Wildman–Crippen MR) is 140 cm³/mol. The summed E-state index contributed by atoms with van der Waals surface area (Å²) in [6, 6.07) is 10.5. The summed E-state index contributed by atoms with van der Waals surface area (Å²) in [5.41, 5.74) is 0.909. The number of hydrogen-bond donors (Lipinski definition) is 1. The number of ether oxygens (including phenoxy) is 1. The molecule has 2 amide bonds. The first-order valence-corrected chi connectivity index (χ1v) is 13.7. The molecule has 0 aliphatic carbocycles. The standard InChI is InChI=1S/C24H31Cl2N3O5S/c1-5-6-12-27-24(31)17(2)28(15-18-8-7-9-19(25)13-18)23(30)16-29(35(4,32)33)20-10-11-22(34-3)21(26)14-20/h7-11,13-14,17H,5-6,12,15-16H2,1-4H3,(H,27,31). The number of nitrogens with zero attached hydrogens (tertiary/aromatic N) is 2. The lowest BCUT2D eigenvalue weighted by molar-refractivity contribution is -0.139. The van der Waals surface area contributed by atoms with Crippen molar-refractivity contribution in [3.63, 3.8) is 0 Å². The number of unbranched alkanes of at least 4 members (excludes halogenated alkanes) is 1. The average molecular weight is 545 g/mol. The van der Waals surface area contributed by atoms with Gasteiger partial charge in [-0.15, -0.1) is 0 Å². The van der Waals surface area contributed by atoms with Gasteiger partial charge in [-0.05, 0) is 49.2 Å². The molecule has 192 valence electrons. The Bertz CT molecular complexity index is 1140. The Morgan fingerprint density at radius 1 is 1.14 bits per heavy atom. The monoisotopic (exact) mass is 543 g/mol. The van der Waals surface area contributed by atoms with Crippen molar-refractivity contribution in [3.8, 4) is 5.75 Å². The van der Waals surface area contributed by atoms with E-state index in [1.165, 1.54) is 30.2 Å². The maximum atomic E-state index is 13.5. The highest BCUT2D eigenvalue weighted by molar-refractivity contribution is 7.92. The van der Waals surface area contributed by atoms with E-state index in [0.29, 0.717) is 22.9 Å². The van der Waals surface area contributed by atoms with Gasteiger partial charge < -0.3 is 15.0 Å². The van der Waals surface area contributed by atoms with E-state index in [-0.39, 0.29) is 23.2 Å². The van der Waals surface area contributed by atoms with Crippen LogP contribution < -0.4 is 14.4 Å². The quantitative estimate of drug-likeness (QED) is 0.406. The maximum absolute atomic E-state index is 13.5. The normalized spacial score (nSPS) is 12.1. The lowest BCUT2D eigenvalue weighted by Gasteiger charge is -2.31. The van der Waals surface area contributed by atoms with Gasteiger partial charge in [0.15, 0.2) is 0 Å². The van der Waals surface area contributed by atoms with Crippen LogP contribution in [-0.4, -0.2) is 57.6 Å². The molecule has 0 heterocycles. The fraction of sp³-hybridized carbons (Fsp3) is 0.417. The number of halogens is 2. The summed E-state index contributed by atoms with van der Waals surface area (Å²) < 4.78 is 31.3. The molecule has 0 aromatic heterocycles. The number of methoxy groups -OCH3 is 1. The van der Waals surface area contributed by atoms with Gasteiger partial charge in [-0.3, -0.25) is 13.9 Å². The highest BCUT2D eigenvalue weighted by Gasteiger charge is 2.30. The summed E-state index contributed by atoms with van der Waals surface area (Å²) in [7, 11) is -2.42. The second kappa shape index (κ2) is 13.0. The zero-order valence-electron chi connectivity index (χ0n) is 20.3. The van der Waals surface area contributed by atoms with Crippen molar-refractivity contribution in [1.29, 1.82) is 0 Å². The number of anilines is 1. The molecule has 0 spiro atoms. The molecular formula is C24H31Cl2N3O5S. The van der Waals surface area contributed by atoms with Crippen LogP contribution in [-0.2, 0) is 26.2 Å². The number of carbonyl (C=O) groups excluding carboxylic acids is 2. The lowest BCUT2D eigenvalue weighted by atomic mass is 10.1. The van der Waals surface area contributed by atoms with Crippen molar-refractivity contribution in [1.82, 2.24) is 10.2 Å². The van der Waals surface area contributed by atoms with Crippen LogP contribution in [0, 0.1) is 0 Å². The van der Waals surface area contributed by atoms with Gasteiger partial charge in [-0.2, -0.15) is 0 Å². The second-order valence-corrected chi connectivity index (χ2v) is 10.8. The molecule has 35 heavy (non-hydrogen) atoms. The third-order valence-corrected chi connectivity index (χ3v) is 7.01. The average Bonchev–Trinajstić information content (AvgIpc) is 2.79. The van der Waals surface area contributed by atoms with Crippen LogP contribution in [0.3, 0.4) is 0 Å². The number of hydrogen-bond acceptors (Lipinski definition) is 5. The number of amides is 2.